The van der Waals surface area contributed by atoms with Crippen LogP contribution in [0.5, 0.6) is 0 Å². The highest BCUT2D eigenvalue weighted by molar-refractivity contribution is 5.94. The highest BCUT2D eigenvalue weighted by Gasteiger charge is 2.13. The highest BCUT2D eigenvalue weighted by atomic mass is 15.4. The quantitative estimate of drug-likeness (QED) is 0.129. The van der Waals surface area contributed by atoms with Gasteiger partial charge in [0.05, 0.1) is 40.0 Å². The fraction of sp³-hybridized carbons (Fsp3) is 0.600. The maximum Gasteiger partial charge on any atom is 0.232 e. The predicted octanol–water partition coefficient (Wildman–Crippen LogP) is -4.47. The van der Waals surface area contributed by atoms with Gasteiger partial charge in [0.15, 0.2) is 0 Å². The van der Waals surface area contributed by atoms with Crippen molar-refractivity contribution in [3.63, 3.8) is 0 Å². The van der Waals surface area contributed by atoms with Gasteiger partial charge in [-0.25, -0.2) is 0 Å². The fourth-order valence-electron chi connectivity index (χ4n) is 1.31. The van der Waals surface area contributed by atoms with Gasteiger partial charge in [-0.05, 0) is 0 Å². The molecule has 12 nitrogen and oxygen atoms in total. The van der Waals surface area contributed by atoms with Crippen molar-refractivity contribution < 1.29 is 0 Å². The molecule has 0 rings (SSSR count). The van der Waals surface area contributed by atoms with Crippen LogP contribution in [0.15, 0.2) is 22.4 Å². The second-order valence-corrected chi connectivity index (χ2v) is 4.01. The molecule has 0 aromatic heterocycles. The van der Waals surface area contributed by atoms with Gasteiger partial charge < -0.3 is 54.8 Å². The predicted molar refractivity (Wildman–Crippen MR) is 88.0 cm³/mol. The number of hydrogen-bond acceptors (Lipinski definition) is 8. The molecule has 12 heteroatoms. The normalized spacial score (nSPS) is 12.3. The van der Waals surface area contributed by atoms with Crippen LogP contribution in [-0.4, -0.2) is 66.6 Å². The van der Waals surface area contributed by atoms with Crippen LogP contribution in [0.1, 0.15) is 0 Å². The summed E-state index contributed by atoms with van der Waals surface area (Å²) < 4.78 is 0. The van der Waals surface area contributed by atoms with E-state index in [1.54, 1.807) is 0 Å². The van der Waals surface area contributed by atoms with Gasteiger partial charge in [0.2, 0.25) is 11.9 Å². The highest BCUT2D eigenvalue weighted by Crippen LogP contribution is 2.03. The molecule has 14 N–H and O–H groups in total. The summed E-state index contributed by atoms with van der Waals surface area (Å²) in [5.74, 6) is 0.539. The van der Waals surface area contributed by atoms with E-state index >= 15 is 0 Å². The molecule has 0 aliphatic carbocycles. The van der Waals surface area contributed by atoms with Gasteiger partial charge in [-0.15, -0.1) is 0 Å². The van der Waals surface area contributed by atoms with E-state index in [1.165, 1.54) is 14.7 Å². The first kappa shape index (κ1) is 20.0. The van der Waals surface area contributed by atoms with Crippen molar-refractivity contribution >= 4 is 11.9 Å². The van der Waals surface area contributed by atoms with Crippen molar-refractivity contribution in [1.29, 1.82) is 0 Å². The minimum atomic E-state index is 0.0792. The van der Waals surface area contributed by atoms with Crippen LogP contribution in [0.2, 0.25) is 0 Å². The van der Waals surface area contributed by atoms with Crippen LogP contribution >= 0.6 is 0 Å². The lowest BCUT2D eigenvalue weighted by atomic mass is 10.6. The molecule has 0 saturated carbocycles. The summed E-state index contributed by atoms with van der Waals surface area (Å²) in [7, 11) is 0. The lowest BCUT2D eigenvalue weighted by Crippen LogP contribution is -2.47. The van der Waals surface area contributed by atoms with Gasteiger partial charge in [0.25, 0.3) is 0 Å². The molecule has 0 heterocycles. The average molecular weight is 316 g/mol. The van der Waals surface area contributed by atoms with E-state index < -0.39 is 0 Å². The van der Waals surface area contributed by atoms with Crippen LogP contribution in [0.4, 0.5) is 0 Å². The van der Waals surface area contributed by atoms with Gasteiger partial charge in [-0.2, -0.15) is 9.98 Å². The zero-order chi connectivity index (χ0) is 17.1. The maximum atomic E-state index is 5.84. The minimum Gasteiger partial charge on any atom is -0.369 e. The molecule has 0 spiro atoms. The first-order chi connectivity index (χ1) is 10.5. The second-order valence-electron chi connectivity index (χ2n) is 4.01. The minimum absolute atomic E-state index is 0.0792. The monoisotopic (exact) mass is 316 g/mol. The van der Waals surface area contributed by atoms with E-state index in [0.717, 1.165) is 0 Å². The third kappa shape index (κ3) is 5.80. The summed E-state index contributed by atoms with van der Waals surface area (Å²) in [4.78, 5) is 12.8. The molecule has 0 aromatic rings. The fourth-order valence-corrected chi connectivity index (χ4v) is 1.31. The Hall–Kier alpha value is -1.96. The van der Waals surface area contributed by atoms with Crippen LogP contribution < -0.4 is 40.1 Å². The van der Waals surface area contributed by atoms with E-state index in [1.807, 2.05) is 0 Å². The molecule has 22 heavy (non-hydrogen) atoms. The molecule has 0 amide bonds. The molecular formula is C10H28N12. The standard InChI is InChI=1S/C10H28N12/c1-8(20(2-11)3-12)18-10(22(6-15)7-16)19-9(17)21(4-13)5-14/h1-7,11-16H2,(H2,17,18,19). The second kappa shape index (κ2) is 10.7. The SMILES string of the molecule is C=C(/N=C(\N=C(/N)N(CN)CN)N(CN)CN)N(CN)CN. The zero-order valence-corrected chi connectivity index (χ0v) is 12.7. The van der Waals surface area contributed by atoms with E-state index in [0.29, 0.717) is 5.82 Å². The summed E-state index contributed by atoms with van der Waals surface area (Å²) in [5.41, 5.74) is 39.2. The largest absolute Gasteiger partial charge is 0.369 e. The van der Waals surface area contributed by atoms with E-state index in [2.05, 4.69) is 16.6 Å². The summed E-state index contributed by atoms with van der Waals surface area (Å²) in [5, 5.41) is 0. The Morgan fingerprint density at radius 2 is 1.09 bits per heavy atom. The molecule has 0 radical (unpaired) electrons. The Morgan fingerprint density at radius 1 is 0.682 bits per heavy atom. The number of guanidine groups is 2. The lowest BCUT2D eigenvalue weighted by molar-refractivity contribution is 0.359. The number of rotatable bonds is 8. The third-order valence-electron chi connectivity index (χ3n) is 2.74. The molecule has 0 fully saturated rings. The molecule has 0 aliphatic heterocycles. The molecule has 0 aliphatic rings. The summed E-state index contributed by atoms with van der Waals surface area (Å²) in [6, 6.07) is 0. The number of nitrogens with two attached hydrogens (primary N) is 7. The number of aliphatic imine (C=N–C) groups is 2. The van der Waals surface area contributed by atoms with E-state index in [9.17, 15) is 0 Å². The van der Waals surface area contributed by atoms with Gasteiger partial charge in [0.1, 0.15) is 5.82 Å². The Balaban J connectivity index is 5.55. The topological polar surface area (TPSA) is 217 Å². The Labute approximate surface area is 130 Å². The van der Waals surface area contributed by atoms with Crippen molar-refractivity contribution in [3.8, 4) is 0 Å². The zero-order valence-electron chi connectivity index (χ0n) is 12.7. The van der Waals surface area contributed by atoms with Gasteiger partial charge >= 0.3 is 0 Å². The van der Waals surface area contributed by atoms with Crippen LogP contribution in [0, 0.1) is 0 Å². The molecule has 0 atom stereocenters. The van der Waals surface area contributed by atoms with Crippen molar-refractivity contribution in [2.75, 3.05) is 40.0 Å². The average Bonchev–Trinajstić information content (AvgIpc) is 2.50. The Bertz CT molecular complexity index is 379. The lowest BCUT2D eigenvalue weighted by Gasteiger charge is -2.25. The van der Waals surface area contributed by atoms with Gasteiger partial charge in [-0.3, -0.25) is 0 Å². The van der Waals surface area contributed by atoms with Crippen molar-refractivity contribution in [2.45, 2.75) is 0 Å². The number of hydrogen-bond donors (Lipinski definition) is 7. The number of nitrogens with zero attached hydrogens (tertiary/aromatic N) is 5. The summed E-state index contributed by atoms with van der Waals surface area (Å²) in [6.07, 6.45) is 0. The van der Waals surface area contributed by atoms with Gasteiger partial charge in [0, 0.05) is 0 Å². The Morgan fingerprint density at radius 3 is 1.45 bits per heavy atom. The Kier molecular flexibility index (Phi) is 9.77. The first-order valence-corrected chi connectivity index (χ1v) is 6.55. The first-order valence-electron chi connectivity index (χ1n) is 6.55. The summed E-state index contributed by atoms with van der Waals surface area (Å²) >= 11 is 0. The molecule has 128 valence electrons. The third-order valence-corrected chi connectivity index (χ3v) is 2.74. The maximum absolute atomic E-state index is 5.84. The van der Waals surface area contributed by atoms with E-state index in [-0.39, 0.29) is 51.9 Å². The molecule has 0 unspecified atom stereocenters. The van der Waals surface area contributed by atoms with E-state index in [4.69, 9.17) is 40.1 Å². The smallest absolute Gasteiger partial charge is 0.232 e. The summed E-state index contributed by atoms with van der Waals surface area (Å²) in [6.45, 7) is 4.43. The molecule has 0 aromatic carbocycles. The van der Waals surface area contributed by atoms with Crippen LogP contribution in [0.3, 0.4) is 0 Å². The van der Waals surface area contributed by atoms with Gasteiger partial charge in [-0.1, -0.05) is 6.58 Å². The molecular weight excluding hydrogens is 288 g/mol. The van der Waals surface area contributed by atoms with Crippen LogP contribution in [0.25, 0.3) is 0 Å². The van der Waals surface area contributed by atoms with Crippen LogP contribution in [-0.2, 0) is 0 Å². The molecule has 0 bridgehead atoms. The van der Waals surface area contributed by atoms with Crippen molar-refractivity contribution in [3.05, 3.63) is 12.4 Å². The van der Waals surface area contributed by atoms with Crippen molar-refractivity contribution in [1.82, 2.24) is 14.7 Å². The molecule has 0 saturated heterocycles. The van der Waals surface area contributed by atoms with Crippen molar-refractivity contribution in [2.24, 2.45) is 50.1 Å².